The maximum absolute atomic E-state index is 13.2. The van der Waals surface area contributed by atoms with E-state index in [4.69, 9.17) is 9.26 Å². The molecule has 1 saturated heterocycles. The lowest BCUT2D eigenvalue weighted by atomic mass is 9.82. The zero-order valence-electron chi connectivity index (χ0n) is 20.4. The van der Waals surface area contributed by atoms with Crippen molar-refractivity contribution in [3.05, 3.63) is 36.2 Å². The third kappa shape index (κ3) is 6.96. The molecule has 1 aliphatic heterocycles. The number of ether oxygens (including phenoxy) is 1. The Balaban J connectivity index is 1.69. The Hall–Kier alpha value is -3.07. The van der Waals surface area contributed by atoms with Crippen LogP contribution in [0.1, 0.15) is 57.6 Å². The molecule has 2 heterocycles. The molecule has 2 aromatic rings. The fourth-order valence-electron chi connectivity index (χ4n) is 3.97. The highest BCUT2D eigenvalue weighted by atomic mass is 16.5. The lowest BCUT2D eigenvalue weighted by Crippen LogP contribution is -2.47. The molecule has 9 nitrogen and oxygen atoms in total. The standard InChI is InChI=1S/C25H34N4O5/c1-5-19(21(31)22-27-24(34-28-22)17-9-7-6-8-10-17)26-23(32)18(16-25(2,3)4)15-20(30)29-11-13-33-14-12-29/h6-10,18-19H,5,11-16H2,1-4H3,(H,26,32)/t18?,19-/m0/s1. The molecule has 184 valence electrons. The molecule has 1 fully saturated rings. The minimum absolute atomic E-state index is 0.0715. The highest BCUT2D eigenvalue weighted by Gasteiger charge is 2.33. The molecule has 1 unspecified atom stereocenters. The van der Waals surface area contributed by atoms with Crippen molar-refractivity contribution in [2.24, 2.45) is 11.3 Å². The molecule has 0 radical (unpaired) electrons. The van der Waals surface area contributed by atoms with Gasteiger partial charge in [-0.2, -0.15) is 4.98 Å². The van der Waals surface area contributed by atoms with Gasteiger partial charge in [-0.15, -0.1) is 0 Å². The second-order valence-corrected chi connectivity index (χ2v) is 9.78. The normalized spacial score (nSPS) is 16.1. The molecule has 9 heteroatoms. The van der Waals surface area contributed by atoms with Crippen molar-refractivity contribution in [2.75, 3.05) is 26.3 Å². The Morgan fingerprint density at radius 2 is 1.79 bits per heavy atom. The summed E-state index contributed by atoms with van der Waals surface area (Å²) < 4.78 is 10.6. The highest BCUT2D eigenvalue weighted by molar-refractivity contribution is 5.99. The van der Waals surface area contributed by atoms with Crippen LogP contribution in [0.15, 0.2) is 34.9 Å². The van der Waals surface area contributed by atoms with Gasteiger partial charge in [0.1, 0.15) is 0 Å². The Bertz CT molecular complexity index is 977. The number of hydrogen-bond donors (Lipinski definition) is 1. The number of ketones is 1. The molecule has 0 bridgehead atoms. The van der Waals surface area contributed by atoms with Gasteiger partial charge in [0.2, 0.25) is 23.4 Å². The van der Waals surface area contributed by atoms with Crippen LogP contribution in [0.25, 0.3) is 11.5 Å². The number of amides is 2. The van der Waals surface area contributed by atoms with E-state index in [9.17, 15) is 14.4 Å². The number of benzene rings is 1. The molecule has 1 N–H and O–H groups in total. The van der Waals surface area contributed by atoms with Crippen LogP contribution in [0.3, 0.4) is 0 Å². The van der Waals surface area contributed by atoms with Crippen LogP contribution >= 0.6 is 0 Å². The maximum atomic E-state index is 13.2. The minimum atomic E-state index is -0.810. The number of carbonyl (C=O) groups excluding carboxylic acids is 3. The summed E-state index contributed by atoms with van der Waals surface area (Å²) in [7, 11) is 0. The minimum Gasteiger partial charge on any atom is -0.378 e. The Kier molecular flexibility index (Phi) is 8.55. The molecule has 34 heavy (non-hydrogen) atoms. The summed E-state index contributed by atoms with van der Waals surface area (Å²) in [5, 5.41) is 6.66. The molecule has 0 spiro atoms. The van der Waals surface area contributed by atoms with Crippen molar-refractivity contribution in [3.63, 3.8) is 0 Å². The Labute approximate surface area is 200 Å². The van der Waals surface area contributed by atoms with Crippen LogP contribution in [0.2, 0.25) is 0 Å². The van der Waals surface area contributed by atoms with Gasteiger partial charge in [-0.1, -0.05) is 51.1 Å². The van der Waals surface area contributed by atoms with Crippen molar-refractivity contribution < 1.29 is 23.6 Å². The van der Waals surface area contributed by atoms with Crippen LogP contribution in [-0.4, -0.2) is 65.0 Å². The first kappa shape index (κ1) is 25.6. The first-order chi connectivity index (χ1) is 16.2. The molecule has 1 aliphatic rings. The van der Waals surface area contributed by atoms with Gasteiger partial charge in [0.15, 0.2) is 0 Å². The number of aromatic nitrogens is 2. The summed E-state index contributed by atoms with van der Waals surface area (Å²) in [6, 6.07) is 8.35. The molecule has 2 atom stereocenters. The molecular weight excluding hydrogens is 436 g/mol. The zero-order chi connectivity index (χ0) is 24.7. The van der Waals surface area contributed by atoms with Crippen LogP contribution in [-0.2, 0) is 14.3 Å². The summed E-state index contributed by atoms with van der Waals surface area (Å²) in [5.74, 6) is -1.20. The average Bonchev–Trinajstić information content (AvgIpc) is 3.32. The van der Waals surface area contributed by atoms with E-state index in [0.717, 1.165) is 0 Å². The number of morpholine rings is 1. The van der Waals surface area contributed by atoms with Gasteiger partial charge < -0.3 is 19.5 Å². The average molecular weight is 471 g/mol. The van der Waals surface area contributed by atoms with Crippen LogP contribution in [0.5, 0.6) is 0 Å². The molecular formula is C25H34N4O5. The van der Waals surface area contributed by atoms with Gasteiger partial charge >= 0.3 is 0 Å². The number of Topliss-reactive ketones (excluding diaryl/α,β-unsaturated/α-hetero) is 1. The first-order valence-corrected chi connectivity index (χ1v) is 11.8. The van der Waals surface area contributed by atoms with Crippen LogP contribution in [0, 0.1) is 11.3 Å². The fraction of sp³-hybridized carbons (Fsp3) is 0.560. The predicted octanol–water partition coefficient (Wildman–Crippen LogP) is 3.12. The summed E-state index contributed by atoms with van der Waals surface area (Å²) in [4.78, 5) is 45.1. The van der Waals surface area contributed by atoms with Gasteiger partial charge in [-0.05, 0) is 30.4 Å². The van der Waals surface area contributed by atoms with Gasteiger partial charge in [0.05, 0.1) is 19.3 Å². The molecule has 1 aromatic heterocycles. The van der Waals surface area contributed by atoms with E-state index >= 15 is 0 Å². The molecule has 0 aliphatic carbocycles. The SMILES string of the molecule is CC[C@H](NC(=O)C(CC(=O)N1CCOCC1)CC(C)(C)C)C(=O)c1noc(-c2ccccc2)n1. The maximum Gasteiger partial charge on any atom is 0.258 e. The first-order valence-electron chi connectivity index (χ1n) is 11.8. The number of nitrogens with one attached hydrogen (secondary N) is 1. The molecule has 2 amide bonds. The molecule has 3 rings (SSSR count). The second kappa shape index (κ2) is 11.4. The Morgan fingerprint density at radius 3 is 2.41 bits per heavy atom. The molecule has 1 aromatic carbocycles. The predicted molar refractivity (Wildman–Crippen MR) is 126 cm³/mol. The third-order valence-electron chi connectivity index (χ3n) is 5.72. The van der Waals surface area contributed by atoms with E-state index < -0.39 is 17.7 Å². The highest BCUT2D eigenvalue weighted by Crippen LogP contribution is 2.27. The fourth-order valence-corrected chi connectivity index (χ4v) is 3.97. The van der Waals surface area contributed by atoms with Gasteiger partial charge in [-0.25, -0.2) is 0 Å². The lowest BCUT2D eigenvalue weighted by Gasteiger charge is -2.30. The van der Waals surface area contributed by atoms with Gasteiger partial charge in [-0.3, -0.25) is 14.4 Å². The third-order valence-corrected chi connectivity index (χ3v) is 5.72. The molecule has 0 saturated carbocycles. The van der Waals surface area contributed by atoms with Crippen LogP contribution < -0.4 is 5.32 Å². The van der Waals surface area contributed by atoms with Crippen molar-refractivity contribution in [2.45, 2.75) is 53.0 Å². The topological polar surface area (TPSA) is 115 Å². The summed E-state index contributed by atoms with van der Waals surface area (Å²) >= 11 is 0. The lowest BCUT2D eigenvalue weighted by molar-refractivity contribution is -0.140. The van der Waals surface area contributed by atoms with E-state index in [2.05, 4.69) is 15.5 Å². The van der Waals surface area contributed by atoms with Gasteiger partial charge in [0.25, 0.3) is 5.89 Å². The van der Waals surface area contributed by atoms with Crippen molar-refractivity contribution in [3.8, 4) is 11.5 Å². The van der Waals surface area contributed by atoms with E-state index in [1.807, 2.05) is 51.1 Å². The smallest absolute Gasteiger partial charge is 0.258 e. The quantitative estimate of drug-likeness (QED) is 0.560. The van der Waals surface area contributed by atoms with E-state index in [-0.39, 0.29) is 35.4 Å². The summed E-state index contributed by atoms with van der Waals surface area (Å²) in [6.45, 7) is 9.95. The zero-order valence-corrected chi connectivity index (χ0v) is 20.4. The van der Waals surface area contributed by atoms with Crippen molar-refractivity contribution >= 4 is 17.6 Å². The van der Waals surface area contributed by atoms with Gasteiger partial charge in [0, 0.05) is 31.0 Å². The van der Waals surface area contributed by atoms with Crippen molar-refractivity contribution in [1.29, 1.82) is 0 Å². The Morgan fingerprint density at radius 1 is 1.12 bits per heavy atom. The largest absolute Gasteiger partial charge is 0.378 e. The number of carbonyl (C=O) groups is 3. The van der Waals surface area contributed by atoms with E-state index in [1.54, 1.807) is 11.8 Å². The number of hydrogen-bond acceptors (Lipinski definition) is 7. The van der Waals surface area contributed by atoms with E-state index in [1.165, 1.54) is 0 Å². The second-order valence-electron chi connectivity index (χ2n) is 9.78. The monoisotopic (exact) mass is 470 g/mol. The summed E-state index contributed by atoms with van der Waals surface area (Å²) in [5.41, 5.74) is 0.537. The van der Waals surface area contributed by atoms with Crippen molar-refractivity contribution in [1.82, 2.24) is 20.4 Å². The number of rotatable bonds is 9. The van der Waals surface area contributed by atoms with Crippen LogP contribution in [0.4, 0.5) is 0 Å². The number of nitrogens with zero attached hydrogens (tertiary/aromatic N) is 3. The summed E-state index contributed by atoms with van der Waals surface area (Å²) in [6.07, 6.45) is 0.966. The van der Waals surface area contributed by atoms with E-state index in [0.29, 0.717) is 44.7 Å².